The van der Waals surface area contributed by atoms with Crippen molar-refractivity contribution in [2.45, 2.75) is 38.3 Å². The molecule has 1 unspecified atom stereocenters. The zero-order valence-electron chi connectivity index (χ0n) is 11.9. The highest BCUT2D eigenvalue weighted by molar-refractivity contribution is 5.16. The average molecular weight is 262 g/mol. The molecule has 0 saturated carbocycles. The van der Waals surface area contributed by atoms with Crippen molar-refractivity contribution in [2.75, 3.05) is 26.2 Å². The van der Waals surface area contributed by atoms with Crippen LogP contribution in [0.1, 0.15) is 25.3 Å². The fourth-order valence-electron chi connectivity index (χ4n) is 2.89. The van der Waals surface area contributed by atoms with Crippen molar-refractivity contribution in [3.8, 4) is 0 Å². The summed E-state index contributed by atoms with van der Waals surface area (Å²) in [5, 5.41) is 0. The van der Waals surface area contributed by atoms with Gasteiger partial charge in [-0.1, -0.05) is 30.3 Å². The van der Waals surface area contributed by atoms with Crippen LogP contribution in [0, 0.1) is 0 Å². The van der Waals surface area contributed by atoms with E-state index >= 15 is 0 Å². The number of rotatable bonds is 6. The molecule has 3 heteroatoms. The Morgan fingerprint density at radius 2 is 1.95 bits per heavy atom. The third kappa shape index (κ3) is 4.30. The van der Waals surface area contributed by atoms with Gasteiger partial charge >= 0.3 is 0 Å². The molecule has 1 aromatic rings. The Labute approximate surface area is 116 Å². The monoisotopic (exact) mass is 262 g/mol. The highest BCUT2D eigenvalue weighted by Gasteiger charge is 2.24. The molecule has 1 heterocycles. The summed E-state index contributed by atoms with van der Waals surface area (Å²) >= 11 is 0. The van der Waals surface area contributed by atoms with Gasteiger partial charge in [-0.3, -0.25) is 4.90 Å². The van der Waals surface area contributed by atoms with Crippen LogP contribution in [0.5, 0.6) is 0 Å². The Bertz CT molecular complexity index is 347. The molecule has 0 radical (unpaired) electrons. The van der Waals surface area contributed by atoms with Crippen LogP contribution >= 0.6 is 0 Å². The van der Waals surface area contributed by atoms with E-state index in [2.05, 4.69) is 42.2 Å². The number of likely N-dealkylation sites (tertiary alicyclic amines) is 1. The molecule has 3 nitrogen and oxygen atoms in total. The third-order valence-electron chi connectivity index (χ3n) is 3.98. The molecule has 0 spiro atoms. The van der Waals surface area contributed by atoms with Gasteiger partial charge in [0.2, 0.25) is 0 Å². The van der Waals surface area contributed by atoms with Gasteiger partial charge in [0.05, 0.1) is 6.10 Å². The number of nitrogens with two attached hydrogens (primary N) is 1. The first-order chi connectivity index (χ1) is 9.33. The van der Waals surface area contributed by atoms with Gasteiger partial charge < -0.3 is 10.5 Å². The van der Waals surface area contributed by atoms with E-state index in [9.17, 15) is 0 Å². The van der Waals surface area contributed by atoms with Crippen molar-refractivity contribution in [2.24, 2.45) is 5.73 Å². The van der Waals surface area contributed by atoms with E-state index in [1.54, 1.807) is 0 Å². The summed E-state index contributed by atoms with van der Waals surface area (Å²) in [6.07, 6.45) is 3.78. The van der Waals surface area contributed by atoms with Crippen LogP contribution in [-0.2, 0) is 11.2 Å². The van der Waals surface area contributed by atoms with E-state index in [4.69, 9.17) is 10.5 Å². The molecule has 0 amide bonds. The highest BCUT2D eigenvalue weighted by Crippen LogP contribution is 2.17. The van der Waals surface area contributed by atoms with E-state index < -0.39 is 0 Å². The van der Waals surface area contributed by atoms with E-state index in [0.717, 1.165) is 45.5 Å². The summed E-state index contributed by atoms with van der Waals surface area (Å²) in [5.74, 6) is 0. The number of nitrogens with zero attached hydrogens (tertiary/aromatic N) is 1. The summed E-state index contributed by atoms with van der Waals surface area (Å²) < 4.78 is 5.70. The zero-order chi connectivity index (χ0) is 13.5. The number of hydrogen-bond donors (Lipinski definition) is 1. The van der Waals surface area contributed by atoms with E-state index in [1.165, 1.54) is 5.56 Å². The average Bonchev–Trinajstić information content (AvgIpc) is 2.47. The molecule has 0 aromatic heterocycles. The van der Waals surface area contributed by atoms with Gasteiger partial charge in [0.25, 0.3) is 0 Å². The molecule has 0 aliphatic carbocycles. The largest absolute Gasteiger partial charge is 0.378 e. The summed E-state index contributed by atoms with van der Waals surface area (Å²) in [5.41, 5.74) is 7.35. The standard InChI is InChI=1S/C16H26N2O/c1-2-19-16-8-10-18(11-9-16)15(13-17)12-14-6-4-3-5-7-14/h3-7,15-16H,2,8-13,17H2,1H3. The lowest BCUT2D eigenvalue weighted by Gasteiger charge is -2.37. The second kappa shape index (κ2) is 7.63. The molecule has 0 bridgehead atoms. The van der Waals surface area contributed by atoms with Gasteiger partial charge in [0, 0.05) is 32.3 Å². The van der Waals surface area contributed by atoms with Crippen molar-refractivity contribution >= 4 is 0 Å². The van der Waals surface area contributed by atoms with Crippen LogP contribution < -0.4 is 5.73 Å². The number of piperidine rings is 1. The van der Waals surface area contributed by atoms with Crippen LogP contribution in [0.2, 0.25) is 0 Å². The first kappa shape index (κ1) is 14.5. The van der Waals surface area contributed by atoms with Gasteiger partial charge in [-0.2, -0.15) is 0 Å². The second-order valence-electron chi connectivity index (χ2n) is 5.27. The second-order valence-corrected chi connectivity index (χ2v) is 5.27. The Balaban J connectivity index is 1.85. The lowest BCUT2D eigenvalue weighted by molar-refractivity contribution is 0.00488. The van der Waals surface area contributed by atoms with E-state index in [1.807, 2.05) is 0 Å². The molecule has 2 rings (SSSR count). The molecule has 2 N–H and O–H groups in total. The number of ether oxygens (including phenoxy) is 1. The van der Waals surface area contributed by atoms with E-state index in [0.29, 0.717) is 12.1 Å². The van der Waals surface area contributed by atoms with Crippen LogP contribution in [0.4, 0.5) is 0 Å². The molecular weight excluding hydrogens is 236 g/mol. The van der Waals surface area contributed by atoms with Crippen LogP contribution in [0.15, 0.2) is 30.3 Å². The van der Waals surface area contributed by atoms with Crippen LogP contribution in [-0.4, -0.2) is 43.3 Å². The number of benzene rings is 1. The Kier molecular flexibility index (Phi) is 5.83. The minimum absolute atomic E-state index is 0.455. The minimum Gasteiger partial charge on any atom is -0.378 e. The fraction of sp³-hybridized carbons (Fsp3) is 0.625. The molecule has 1 aliphatic rings. The molecule has 1 fully saturated rings. The molecule has 1 atom stereocenters. The maximum Gasteiger partial charge on any atom is 0.0599 e. The van der Waals surface area contributed by atoms with Crippen molar-refractivity contribution in [1.29, 1.82) is 0 Å². The Morgan fingerprint density at radius 3 is 2.53 bits per heavy atom. The Hall–Kier alpha value is -0.900. The maximum absolute atomic E-state index is 5.97. The summed E-state index contributed by atoms with van der Waals surface area (Å²) in [4.78, 5) is 2.53. The maximum atomic E-state index is 5.97. The van der Waals surface area contributed by atoms with Gasteiger partial charge in [-0.05, 0) is 31.7 Å². The van der Waals surface area contributed by atoms with Crippen molar-refractivity contribution in [3.63, 3.8) is 0 Å². The molecule has 1 aliphatic heterocycles. The van der Waals surface area contributed by atoms with Gasteiger partial charge in [-0.15, -0.1) is 0 Å². The molecule has 1 aromatic carbocycles. The lowest BCUT2D eigenvalue weighted by atomic mass is 10.0. The summed E-state index contributed by atoms with van der Waals surface area (Å²) in [6, 6.07) is 11.1. The molecule has 106 valence electrons. The van der Waals surface area contributed by atoms with Crippen molar-refractivity contribution in [1.82, 2.24) is 4.90 Å². The first-order valence-corrected chi connectivity index (χ1v) is 7.43. The first-order valence-electron chi connectivity index (χ1n) is 7.43. The smallest absolute Gasteiger partial charge is 0.0599 e. The van der Waals surface area contributed by atoms with Gasteiger partial charge in [0.15, 0.2) is 0 Å². The minimum atomic E-state index is 0.455. The van der Waals surface area contributed by atoms with Crippen molar-refractivity contribution < 1.29 is 4.74 Å². The van der Waals surface area contributed by atoms with E-state index in [-0.39, 0.29) is 0 Å². The highest BCUT2D eigenvalue weighted by atomic mass is 16.5. The zero-order valence-corrected chi connectivity index (χ0v) is 11.9. The predicted octanol–water partition coefficient (Wildman–Crippen LogP) is 2.06. The lowest BCUT2D eigenvalue weighted by Crippen LogP contribution is -2.47. The van der Waals surface area contributed by atoms with Gasteiger partial charge in [0.1, 0.15) is 0 Å². The SMILES string of the molecule is CCOC1CCN(C(CN)Cc2ccccc2)CC1. The quantitative estimate of drug-likeness (QED) is 0.853. The molecular formula is C16H26N2O. The molecule has 19 heavy (non-hydrogen) atoms. The topological polar surface area (TPSA) is 38.5 Å². The predicted molar refractivity (Wildman–Crippen MR) is 79.2 cm³/mol. The van der Waals surface area contributed by atoms with Crippen LogP contribution in [0.25, 0.3) is 0 Å². The van der Waals surface area contributed by atoms with Gasteiger partial charge in [-0.25, -0.2) is 0 Å². The fourth-order valence-corrected chi connectivity index (χ4v) is 2.89. The van der Waals surface area contributed by atoms with Crippen molar-refractivity contribution in [3.05, 3.63) is 35.9 Å². The normalized spacial score (nSPS) is 19.5. The third-order valence-corrected chi connectivity index (χ3v) is 3.98. The number of hydrogen-bond acceptors (Lipinski definition) is 3. The summed E-state index contributed by atoms with van der Waals surface area (Å²) in [7, 11) is 0. The Morgan fingerprint density at radius 1 is 1.26 bits per heavy atom. The molecule has 1 saturated heterocycles. The summed E-state index contributed by atoms with van der Waals surface area (Å²) in [6.45, 7) is 5.85. The van der Waals surface area contributed by atoms with Crippen LogP contribution in [0.3, 0.4) is 0 Å².